The van der Waals surface area contributed by atoms with Gasteiger partial charge in [-0.1, -0.05) is 0 Å². The van der Waals surface area contributed by atoms with Gasteiger partial charge in [0.25, 0.3) is 0 Å². The average Bonchev–Trinajstić information content (AvgIpc) is 2.73. The van der Waals surface area contributed by atoms with Crippen LogP contribution in [0.1, 0.15) is 33.6 Å². The Balaban J connectivity index is 2.09. The third kappa shape index (κ3) is 4.91. The van der Waals surface area contributed by atoms with Crippen LogP contribution in [-0.4, -0.2) is 51.3 Å². The zero-order valence-corrected chi connectivity index (χ0v) is 14.8. The van der Waals surface area contributed by atoms with Gasteiger partial charge >= 0.3 is 11.8 Å². The van der Waals surface area contributed by atoms with Crippen LogP contribution in [0.15, 0.2) is 6.20 Å². The van der Waals surface area contributed by atoms with Crippen LogP contribution in [0.3, 0.4) is 0 Å². The minimum atomic E-state index is -0.625. The summed E-state index contributed by atoms with van der Waals surface area (Å²) in [4.78, 5) is 36.4. The minimum absolute atomic E-state index is 0.0346. The number of hydrogen-bond acceptors (Lipinski definition) is 7. The molecule has 1 aromatic rings. The van der Waals surface area contributed by atoms with Crippen molar-refractivity contribution >= 4 is 23.4 Å². The summed E-state index contributed by atoms with van der Waals surface area (Å²) < 4.78 is 6.59. The van der Waals surface area contributed by atoms with E-state index in [9.17, 15) is 19.7 Å². The van der Waals surface area contributed by atoms with Gasteiger partial charge < -0.3 is 15.0 Å². The lowest BCUT2D eigenvalue weighted by Crippen LogP contribution is -2.40. The molecule has 1 aliphatic rings. The molecule has 0 saturated carbocycles. The van der Waals surface area contributed by atoms with Gasteiger partial charge in [-0.3, -0.25) is 14.9 Å². The SMILES string of the molecule is Cn1ncc([N+](=O)[O-])c1N1CC[C@H](NC(=O)OC(C)(C)C)CC(=O)C1. The number of hydrogen-bond donors (Lipinski definition) is 1. The number of ether oxygens (including phenoxy) is 1. The Labute approximate surface area is 145 Å². The van der Waals surface area contributed by atoms with Gasteiger partial charge in [0.15, 0.2) is 5.78 Å². The van der Waals surface area contributed by atoms with E-state index in [0.717, 1.165) is 0 Å². The van der Waals surface area contributed by atoms with Crippen LogP contribution in [0, 0.1) is 10.1 Å². The first-order valence-electron chi connectivity index (χ1n) is 7.99. The third-order valence-corrected chi connectivity index (χ3v) is 3.69. The van der Waals surface area contributed by atoms with Crippen molar-refractivity contribution < 1.29 is 19.2 Å². The molecule has 0 bridgehead atoms. The molecule has 1 N–H and O–H groups in total. The van der Waals surface area contributed by atoms with Crippen LogP contribution in [0.4, 0.5) is 16.3 Å². The Morgan fingerprint density at radius 2 is 2.16 bits per heavy atom. The molecular formula is C15H23N5O5. The lowest BCUT2D eigenvalue weighted by Gasteiger charge is -2.23. The molecule has 1 aromatic heterocycles. The van der Waals surface area contributed by atoms with Crippen molar-refractivity contribution in [3.63, 3.8) is 0 Å². The van der Waals surface area contributed by atoms with Crippen molar-refractivity contribution in [2.24, 2.45) is 7.05 Å². The number of carbonyl (C=O) groups excluding carboxylic acids is 2. The number of ketones is 1. The normalized spacial score (nSPS) is 18.6. The number of anilines is 1. The van der Waals surface area contributed by atoms with E-state index in [-0.39, 0.29) is 36.3 Å². The molecule has 25 heavy (non-hydrogen) atoms. The molecule has 0 aromatic carbocycles. The summed E-state index contributed by atoms with van der Waals surface area (Å²) in [6.07, 6.45) is 1.21. The second-order valence-electron chi connectivity index (χ2n) is 7.03. The molecule has 2 rings (SSSR count). The third-order valence-electron chi connectivity index (χ3n) is 3.69. The fourth-order valence-corrected chi connectivity index (χ4v) is 2.74. The highest BCUT2D eigenvalue weighted by Crippen LogP contribution is 2.28. The highest BCUT2D eigenvalue weighted by Gasteiger charge is 2.31. The maximum atomic E-state index is 12.2. The first kappa shape index (κ1) is 18.7. The highest BCUT2D eigenvalue weighted by molar-refractivity contribution is 5.85. The summed E-state index contributed by atoms with van der Waals surface area (Å²) in [5.74, 6) is 0.172. The summed E-state index contributed by atoms with van der Waals surface area (Å²) in [6, 6.07) is -0.375. The van der Waals surface area contributed by atoms with Crippen molar-refractivity contribution in [3.8, 4) is 0 Å². The van der Waals surface area contributed by atoms with Crippen molar-refractivity contribution in [1.82, 2.24) is 15.1 Å². The van der Waals surface area contributed by atoms with Crippen molar-refractivity contribution in [2.75, 3.05) is 18.0 Å². The second kappa shape index (κ2) is 7.08. The largest absolute Gasteiger partial charge is 0.444 e. The molecule has 1 aliphatic heterocycles. The monoisotopic (exact) mass is 353 g/mol. The Morgan fingerprint density at radius 1 is 1.48 bits per heavy atom. The smallest absolute Gasteiger partial charge is 0.407 e. The van der Waals surface area contributed by atoms with Crippen molar-refractivity contribution in [1.29, 1.82) is 0 Å². The van der Waals surface area contributed by atoms with E-state index in [1.807, 2.05) is 0 Å². The zero-order valence-electron chi connectivity index (χ0n) is 14.8. The quantitative estimate of drug-likeness (QED) is 0.644. The van der Waals surface area contributed by atoms with Gasteiger partial charge in [0.05, 0.1) is 11.5 Å². The van der Waals surface area contributed by atoms with E-state index < -0.39 is 16.6 Å². The van der Waals surface area contributed by atoms with Crippen molar-refractivity contribution in [3.05, 3.63) is 16.3 Å². The molecule has 0 aliphatic carbocycles. The molecule has 0 radical (unpaired) electrons. The molecule has 2 heterocycles. The molecule has 10 nitrogen and oxygen atoms in total. The molecule has 1 fully saturated rings. The van der Waals surface area contributed by atoms with Gasteiger partial charge in [-0.25, -0.2) is 9.48 Å². The van der Waals surface area contributed by atoms with Crippen LogP contribution in [0.2, 0.25) is 0 Å². The van der Waals surface area contributed by atoms with E-state index in [1.165, 1.54) is 10.9 Å². The van der Waals surface area contributed by atoms with E-state index in [2.05, 4.69) is 10.4 Å². The first-order valence-corrected chi connectivity index (χ1v) is 7.99. The fourth-order valence-electron chi connectivity index (χ4n) is 2.74. The number of nitrogens with zero attached hydrogens (tertiary/aromatic N) is 4. The Bertz CT molecular complexity index is 678. The van der Waals surface area contributed by atoms with Crippen molar-refractivity contribution in [2.45, 2.75) is 45.3 Å². The van der Waals surface area contributed by atoms with E-state index in [0.29, 0.717) is 13.0 Å². The number of aryl methyl sites for hydroxylation is 1. The van der Waals surface area contributed by atoms with Gasteiger partial charge in [-0.05, 0) is 27.2 Å². The molecular weight excluding hydrogens is 330 g/mol. The Morgan fingerprint density at radius 3 is 2.76 bits per heavy atom. The molecule has 0 spiro atoms. The van der Waals surface area contributed by atoms with Gasteiger partial charge in [-0.2, -0.15) is 5.10 Å². The van der Waals surface area contributed by atoms with E-state index >= 15 is 0 Å². The molecule has 1 amide bonds. The average molecular weight is 353 g/mol. The number of rotatable bonds is 3. The number of alkyl carbamates (subject to hydrolysis) is 1. The number of nitrogens with one attached hydrogen (secondary N) is 1. The fraction of sp³-hybridized carbons (Fsp3) is 0.667. The lowest BCUT2D eigenvalue weighted by atomic mass is 10.1. The summed E-state index contributed by atoms with van der Waals surface area (Å²) in [6.45, 7) is 5.69. The van der Waals surface area contributed by atoms with Crippen LogP contribution in [-0.2, 0) is 16.6 Å². The van der Waals surface area contributed by atoms with Gasteiger partial charge in [-0.15, -0.1) is 0 Å². The predicted molar refractivity (Wildman–Crippen MR) is 89.5 cm³/mol. The van der Waals surface area contributed by atoms with Crippen LogP contribution in [0.5, 0.6) is 0 Å². The van der Waals surface area contributed by atoms with Crippen LogP contribution >= 0.6 is 0 Å². The van der Waals surface area contributed by atoms with Gasteiger partial charge in [0.1, 0.15) is 11.8 Å². The molecule has 138 valence electrons. The predicted octanol–water partition coefficient (Wildman–Crippen LogP) is 1.39. The maximum absolute atomic E-state index is 12.2. The zero-order chi connectivity index (χ0) is 18.8. The molecule has 1 atom stereocenters. The van der Waals surface area contributed by atoms with Crippen LogP contribution < -0.4 is 10.2 Å². The standard InChI is InChI=1S/C15H23N5O5/c1-15(2,3)25-14(22)17-10-5-6-19(9-11(21)7-10)13-12(20(23)24)8-16-18(13)4/h8,10H,5-7,9H2,1-4H3,(H,17,22)/t10-/m0/s1. The van der Waals surface area contributed by atoms with E-state index in [1.54, 1.807) is 32.7 Å². The summed E-state index contributed by atoms with van der Waals surface area (Å²) in [5.41, 5.74) is -0.769. The summed E-state index contributed by atoms with van der Waals surface area (Å²) in [5, 5.41) is 17.8. The number of aromatic nitrogens is 2. The number of nitro groups is 1. The van der Waals surface area contributed by atoms with E-state index in [4.69, 9.17) is 4.74 Å². The topological polar surface area (TPSA) is 120 Å². The minimum Gasteiger partial charge on any atom is -0.444 e. The number of amides is 1. The van der Waals surface area contributed by atoms with Crippen LogP contribution in [0.25, 0.3) is 0 Å². The first-order chi connectivity index (χ1) is 11.6. The molecule has 1 saturated heterocycles. The molecule has 10 heteroatoms. The Hall–Kier alpha value is -2.65. The second-order valence-corrected chi connectivity index (χ2v) is 7.03. The maximum Gasteiger partial charge on any atom is 0.407 e. The summed E-state index contributed by atoms with van der Waals surface area (Å²) in [7, 11) is 1.59. The Kier molecular flexibility index (Phi) is 5.29. The van der Waals surface area contributed by atoms with Gasteiger partial charge in [0, 0.05) is 26.1 Å². The lowest BCUT2D eigenvalue weighted by molar-refractivity contribution is -0.384. The van der Waals surface area contributed by atoms with Gasteiger partial charge in [0.2, 0.25) is 5.82 Å². The summed E-state index contributed by atoms with van der Waals surface area (Å²) >= 11 is 0. The number of carbonyl (C=O) groups is 2. The number of Topliss-reactive ketones (excluding diaryl/α,β-unsaturated/α-hetero) is 1. The molecule has 0 unspecified atom stereocenters. The highest BCUT2D eigenvalue weighted by atomic mass is 16.6.